The van der Waals surface area contributed by atoms with E-state index in [9.17, 15) is 4.79 Å². The zero-order valence-corrected chi connectivity index (χ0v) is 18.1. The average Bonchev–Trinajstić information content (AvgIpc) is 3.13. The standard InChI is InChI=1S/C20H25N5O3S/c1-6-24(11-15-7-8-16(27-4)17(10-15)28-5)18(26)12-29-20-23-22-19-21-13(2)9-14(3)25(19)20/h7-10H,6,11-12H2,1-5H3. The van der Waals surface area contributed by atoms with Crippen molar-refractivity contribution < 1.29 is 14.3 Å². The van der Waals surface area contributed by atoms with Crippen LogP contribution in [0.3, 0.4) is 0 Å². The number of hydrogen-bond donors (Lipinski definition) is 0. The van der Waals surface area contributed by atoms with Crippen LogP contribution in [0, 0.1) is 13.8 Å². The molecule has 0 saturated heterocycles. The van der Waals surface area contributed by atoms with Gasteiger partial charge in [-0.25, -0.2) is 4.98 Å². The van der Waals surface area contributed by atoms with Crippen LogP contribution in [0.25, 0.3) is 5.78 Å². The van der Waals surface area contributed by atoms with Crippen LogP contribution in [0.4, 0.5) is 0 Å². The van der Waals surface area contributed by atoms with Crippen LogP contribution in [0.15, 0.2) is 29.4 Å². The number of benzene rings is 1. The number of methoxy groups -OCH3 is 2. The molecule has 0 fully saturated rings. The van der Waals surface area contributed by atoms with Crippen molar-refractivity contribution in [2.75, 3.05) is 26.5 Å². The van der Waals surface area contributed by atoms with Crippen molar-refractivity contribution in [1.82, 2.24) is 24.5 Å². The summed E-state index contributed by atoms with van der Waals surface area (Å²) >= 11 is 1.37. The minimum absolute atomic E-state index is 0.0294. The molecule has 0 unspecified atom stereocenters. The van der Waals surface area contributed by atoms with Gasteiger partial charge in [0.2, 0.25) is 5.91 Å². The second kappa shape index (κ2) is 9.13. The van der Waals surface area contributed by atoms with E-state index >= 15 is 0 Å². The Morgan fingerprint density at radius 1 is 1.14 bits per heavy atom. The number of aromatic nitrogens is 4. The van der Waals surface area contributed by atoms with Gasteiger partial charge in [-0.15, -0.1) is 10.2 Å². The summed E-state index contributed by atoms with van der Waals surface area (Å²) in [6, 6.07) is 7.65. The van der Waals surface area contributed by atoms with Gasteiger partial charge in [0.05, 0.1) is 20.0 Å². The molecule has 0 bridgehead atoms. The summed E-state index contributed by atoms with van der Waals surface area (Å²) in [6.45, 7) is 6.97. The van der Waals surface area contributed by atoms with Gasteiger partial charge in [0.15, 0.2) is 16.7 Å². The van der Waals surface area contributed by atoms with E-state index in [2.05, 4.69) is 15.2 Å². The lowest BCUT2D eigenvalue weighted by atomic mass is 10.2. The number of nitrogens with zero attached hydrogens (tertiary/aromatic N) is 5. The third kappa shape index (κ3) is 4.61. The molecule has 0 saturated carbocycles. The molecular weight excluding hydrogens is 390 g/mol. The number of aryl methyl sites for hydroxylation is 2. The Bertz CT molecular complexity index is 1020. The van der Waals surface area contributed by atoms with Crippen LogP contribution in [-0.4, -0.2) is 56.9 Å². The number of thioether (sulfide) groups is 1. The van der Waals surface area contributed by atoms with Gasteiger partial charge in [-0.1, -0.05) is 17.8 Å². The van der Waals surface area contributed by atoms with Crippen LogP contribution >= 0.6 is 11.8 Å². The van der Waals surface area contributed by atoms with Gasteiger partial charge in [-0.05, 0) is 44.5 Å². The van der Waals surface area contributed by atoms with E-state index in [0.717, 1.165) is 17.0 Å². The quantitative estimate of drug-likeness (QED) is 0.523. The topological polar surface area (TPSA) is 81.9 Å². The molecule has 3 aromatic rings. The van der Waals surface area contributed by atoms with Crippen molar-refractivity contribution in [3.05, 3.63) is 41.2 Å². The molecule has 2 aromatic heterocycles. The van der Waals surface area contributed by atoms with Gasteiger partial charge in [-0.2, -0.15) is 0 Å². The number of hydrogen-bond acceptors (Lipinski definition) is 7. The molecule has 29 heavy (non-hydrogen) atoms. The Labute approximate surface area is 174 Å². The average molecular weight is 416 g/mol. The molecule has 2 heterocycles. The van der Waals surface area contributed by atoms with Gasteiger partial charge >= 0.3 is 0 Å². The molecule has 3 rings (SSSR count). The van der Waals surface area contributed by atoms with Gasteiger partial charge in [0.25, 0.3) is 5.78 Å². The van der Waals surface area contributed by atoms with Gasteiger partial charge in [-0.3, -0.25) is 9.20 Å². The Morgan fingerprint density at radius 3 is 2.59 bits per heavy atom. The minimum Gasteiger partial charge on any atom is -0.493 e. The molecule has 0 aliphatic heterocycles. The van der Waals surface area contributed by atoms with Crippen LogP contribution in [0.5, 0.6) is 11.5 Å². The zero-order chi connectivity index (χ0) is 21.0. The minimum atomic E-state index is 0.0294. The molecule has 0 aliphatic carbocycles. The fourth-order valence-electron chi connectivity index (χ4n) is 3.09. The predicted molar refractivity (Wildman–Crippen MR) is 112 cm³/mol. The van der Waals surface area contributed by atoms with E-state index in [4.69, 9.17) is 9.47 Å². The van der Waals surface area contributed by atoms with Crippen LogP contribution in [0.2, 0.25) is 0 Å². The summed E-state index contributed by atoms with van der Waals surface area (Å²) in [5, 5.41) is 8.98. The molecule has 0 radical (unpaired) electrons. The second-order valence-corrected chi connectivity index (χ2v) is 7.49. The maximum absolute atomic E-state index is 12.8. The van der Waals surface area contributed by atoms with Crippen LogP contribution in [-0.2, 0) is 11.3 Å². The fraction of sp³-hybridized carbons (Fsp3) is 0.400. The zero-order valence-electron chi connectivity index (χ0n) is 17.3. The highest BCUT2D eigenvalue weighted by atomic mass is 32.2. The number of ether oxygens (including phenoxy) is 2. The molecule has 0 spiro atoms. The number of amides is 1. The van der Waals surface area contributed by atoms with Crippen LogP contribution < -0.4 is 9.47 Å². The maximum atomic E-state index is 12.8. The third-order valence-corrected chi connectivity index (χ3v) is 5.46. The lowest BCUT2D eigenvalue weighted by molar-refractivity contribution is -0.128. The molecule has 0 N–H and O–H groups in total. The van der Waals surface area contributed by atoms with Gasteiger partial charge in [0.1, 0.15) is 0 Å². The van der Waals surface area contributed by atoms with Crippen molar-refractivity contribution in [1.29, 1.82) is 0 Å². The Hall–Kier alpha value is -2.81. The molecule has 154 valence electrons. The number of carbonyl (C=O) groups is 1. The van der Waals surface area contributed by atoms with Gasteiger partial charge < -0.3 is 14.4 Å². The summed E-state index contributed by atoms with van der Waals surface area (Å²) in [4.78, 5) is 19.0. The first-order chi connectivity index (χ1) is 14.0. The Kier molecular flexibility index (Phi) is 6.58. The summed E-state index contributed by atoms with van der Waals surface area (Å²) in [7, 11) is 3.20. The molecule has 0 atom stereocenters. The van der Waals surface area contributed by atoms with E-state index in [1.807, 2.05) is 49.4 Å². The first kappa shape index (κ1) is 20.9. The second-order valence-electron chi connectivity index (χ2n) is 6.54. The van der Waals surface area contributed by atoms with E-state index in [1.54, 1.807) is 19.1 Å². The summed E-state index contributed by atoms with van der Waals surface area (Å²) in [6.07, 6.45) is 0. The highest BCUT2D eigenvalue weighted by Crippen LogP contribution is 2.28. The fourth-order valence-corrected chi connectivity index (χ4v) is 3.98. The summed E-state index contributed by atoms with van der Waals surface area (Å²) in [5.41, 5.74) is 2.86. The van der Waals surface area contributed by atoms with E-state index in [1.165, 1.54) is 11.8 Å². The molecule has 0 aliphatic rings. The van der Waals surface area contributed by atoms with Crippen molar-refractivity contribution in [2.45, 2.75) is 32.5 Å². The van der Waals surface area contributed by atoms with Crippen molar-refractivity contribution in [2.24, 2.45) is 0 Å². The van der Waals surface area contributed by atoms with Crippen molar-refractivity contribution in [3.63, 3.8) is 0 Å². The monoisotopic (exact) mass is 415 g/mol. The largest absolute Gasteiger partial charge is 0.493 e. The third-order valence-electron chi connectivity index (χ3n) is 4.54. The smallest absolute Gasteiger partial charge is 0.256 e. The molecule has 1 aromatic carbocycles. The Morgan fingerprint density at radius 2 is 1.90 bits per heavy atom. The normalized spacial score (nSPS) is 10.9. The highest BCUT2D eigenvalue weighted by molar-refractivity contribution is 7.99. The SMILES string of the molecule is CCN(Cc1ccc(OC)c(OC)c1)C(=O)CSc1nnc2nc(C)cc(C)n12. The van der Waals surface area contributed by atoms with Crippen LogP contribution in [0.1, 0.15) is 23.9 Å². The van der Waals surface area contributed by atoms with Crippen molar-refractivity contribution in [3.8, 4) is 11.5 Å². The molecule has 1 amide bonds. The summed E-state index contributed by atoms with van der Waals surface area (Å²) in [5.74, 6) is 2.17. The lowest BCUT2D eigenvalue weighted by Crippen LogP contribution is -2.31. The lowest BCUT2D eigenvalue weighted by Gasteiger charge is -2.21. The highest BCUT2D eigenvalue weighted by Gasteiger charge is 2.17. The molecular formula is C20H25N5O3S. The number of rotatable bonds is 8. The van der Waals surface area contributed by atoms with Crippen molar-refractivity contribution >= 4 is 23.4 Å². The van der Waals surface area contributed by atoms with E-state index < -0.39 is 0 Å². The Balaban J connectivity index is 1.69. The van der Waals surface area contributed by atoms with E-state index in [0.29, 0.717) is 35.5 Å². The molecule has 9 heteroatoms. The maximum Gasteiger partial charge on any atom is 0.256 e. The predicted octanol–water partition coefficient (Wildman–Crippen LogP) is 2.90. The first-order valence-corrected chi connectivity index (χ1v) is 10.3. The number of carbonyl (C=O) groups excluding carboxylic acids is 1. The summed E-state index contributed by atoms with van der Waals surface area (Å²) < 4.78 is 12.5. The molecule has 8 nitrogen and oxygen atoms in total. The first-order valence-electron chi connectivity index (χ1n) is 9.27. The van der Waals surface area contributed by atoms with E-state index in [-0.39, 0.29) is 11.7 Å². The number of fused-ring (bicyclic) bond motifs is 1. The van der Waals surface area contributed by atoms with Gasteiger partial charge in [0, 0.05) is 24.5 Å².